The van der Waals surface area contributed by atoms with E-state index in [1.807, 2.05) is 0 Å². The molecule has 1 aromatic carbocycles. The first-order valence-electron chi connectivity index (χ1n) is 12.3. The zero-order chi connectivity index (χ0) is 25.3. The van der Waals surface area contributed by atoms with Gasteiger partial charge in [0.25, 0.3) is 0 Å². The Hall–Kier alpha value is -1.69. The van der Waals surface area contributed by atoms with Gasteiger partial charge in [-0.1, -0.05) is 0 Å². The van der Waals surface area contributed by atoms with Crippen LogP contribution in [0.2, 0.25) is 0 Å². The lowest BCUT2D eigenvalue weighted by molar-refractivity contribution is -0.136. The molecule has 3 fully saturated rings. The first-order chi connectivity index (χ1) is 16.6. The van der Waals surface area contributed by atoms with E-state index < -0.39 is 33.5 Å². The van der Waals surface area contributed by atoms with Crippen LogP contribution in [0.25, 0.3) is 0 Å². The van der Waals surface area contributed by atoms with Gasteiger partial charge in [0.2, 0.25) is 15.9 Å². The lowest BCUT2D eigenvalue weighted by atomic mass is 9.83. The summed E-state index contributed by atoms with van der Waals surface area (Å²) in [6.07, 6.45) is 3.90. The molecule has 4 atom stereocenters. The molecule has 4 rings (SSSR count). The number of benzene rings is 1. The molecule has 0 spiro atoms. The van der Waals surface area contributed by atoms with Crippen LogP contribution in [0.1, 0.15) is 44.1 Å². The second-order valence-electron chi connectivity index (χ2n) is 10.1. The third-order valence-electron chi connectivity index (χ3n) is 7.81. The molecular weight excluding hydrogens is 483 g/mol. The van der Waals surface area contributed by atoms with E-state index in [1.165, 1.54) is 4.90 Å². The van der Waals surface area contributed by atoms with E-state index in [0.29, 0.717) is 45.0 Å². The average molecular weight is 518 g/mol. The molecule has 196 valence electrons. The van der Waals surface area contributed by atoms with Crippen molar-refractivity contribution in [2.24, 2.45) is 17.6 Å². The molecule has 3 aliphatic rings. The van der Waals surface area contributed by atoms with Gasteiger partial charge in [-0.25, -0.2) is 21.6 Å². The summed E-state index contributed by atoms with van der Waals surface area (Å²) in [4.78, 5) is 14.1. The summed E-state index contributed by atoms with van der Waals surface area (Å²) < 4.78 is 74.3. The van der Waals surface area contributed by atoms with Crippen LogP contribution >= 0.6 is 0 Å². The molecular formula is C24H34F3N3O4S. The van der Waals surface area contributed by atoms with Gasteiger partial charge in [-0.2, -0.15) is 4.31 Å². The standard InChI is InChI=1S/C24H34F3N3O4S/c1-29(24(31)15-4-7-34-8-5-15)6-9-35(32,33)30-18-2-3-19(30)11-17(10-18)23(28)13-16-12-21(26)22(27)14-20(16)25/h12,14-15,17-19,23H,2-11,13,28H2,1H3/t17?,18-,19+,23?. The molecule has 1 amide bonds. The number of ether oxygens (including phenoxy) is 1. The fourth-order valence-corrected chi connectivity index (χ4v) is 7.85. The SMILES string of the molecule is CN(CCS(=O)(=O)N1[C@@H]2CC[C@H]1CC(C(N)Cc1cc(F)c(F)cc1F)C2)C(=O)C1CCOCC1. The Labute approximate surface area is 204 Å². The van der Waals surface area contributed by atoms with Crippen LogP contribution in [0.5, 0.6) is 0 Å². The summed E-state index contributed by atoms with van der Waals surface area (Å²) in [5.74, 6) is -3.54. The van der Waals surface area contributed by atoms with Crippen molar-refractivity contribution in [3.05, 3.63) is 35.1 Å². The van der Waals surface area contributed by atoms with Gasteiger partial charge in [-0.15, -0.1) is 0 Å². The van der Waals surface area contributed by atoms with E-state index in [0.717, 1.165) is 18.9 Å². The van der Waals surface area contributed by atoms with E-state index >= 15 is 0 Å². The van der Waals surface area contributed by atoms with Crippen molar-refractivity contribution in [3.63, 3.8) is 0 Å². The van der Waals surface area contributed by atoms with E-state index in [4.69, 9.17) is 10.5 Å². The molecule has 2 N–H and O–H groups in total. The van der Waals surface area contributed by atoms with Crippen LogP contribution in [-0.2, 0) is 26.0 Å². The molecule has 2 bridgehead atoms. The third-order valence-corrected chi connectivity index (χ3v) is 9.74. The van der Waals surface area contributed by atoms with Crippen molar-refractivity contribution in [1.82, 2.24) is 9.21 Å². The topological polar surface area (TPSA) is 92.9 Å². The third kappa shape index (κ3) is 5.84. The number of sulfonamides is 1. The maximum Gasteiger partial charge on any atom is 0.225 e. The first-order valence-corrected chi connectivity index (χ1v) is 13.9. The number of fused-ring (bicyclic) bond motifs is 2. The van der Waals surface area contributed by atoms with E-state index in [1.54, 1.807) is 11.4 Å². The number of halogens is 3. The van der Waals surface area contributed by atoms with Gasteiger partial charge in [-0.05, 0) is 62.5 Å². The number of nitrogens with two attached hydrogens (primary N) is 1. The number of hydrogen-bond acceptors (Lipinski definition) is 5. The molecule has 0 saturated carbocycles. The number of hydrogen-bond donors (Lipinski definition) is 1. The lowest BCUT2D eigenvalue weighted by Gasteiger charge is -2.40. The first kappa shape index (κ1) is 26.4. The van der Waals surface area contributed by atoms with Crippen molar-refractivity contribution in [2.45, 2.75) is 63.1 Å². The number of carbonyl (C=O) groups is 1. The molecule has 3 aliphatic heterocycles. The van der Waals surface area contributed by atoms with Crippen molar-refractivity contribution < 1.29 is 31.1 Å². The lowest BCUT2D eigenvalue weighted by Crippen LogP contribution is -2.51. The number of rotatable bonds is 8. The monoisotopic (exact) mass is 517 g/mol. The second-order valence-corrected chi connectivity index (χ2v) is 12.1. The Balaban J connectivity index is 1.34. The van der Waals surface area contributed by atoms with Gasteiger partial charge in [0.15, 0.2) is 11.6 Å². The number of nitrogens with zero attached hydrogens (tertiary/aromatic N) is 2. The normalized spacial score (nSPS) is 26.6. The van der Waals surface area contributed by atoms with Gasteiger partial charge >= 0.3 is 0 Å². The van der Waals surface area contributed by atoms with Crippen molar-refractivity contribution >= 4 is 15.9 Å². The van der Waals surface area contributed by atoms with Crippen molar-refractivity contribution in [2.75, 3.05) is 32.6 Å². The minimum atomic E-state index is -3.58. The van der Waals surface area contributed by atoms with E-state index in [-0.39, 0.29) is 54.1 Å². The molecule has 35 heavy (non-hydrogen) atoms. The smallest absolute Gasteiger partial charge is 0.225 e. The maximum absolute atomic E-state index is 14.1. The summed E-state index contributed by atoms with van der Waals surface area (Å²) >= 11 is 0. The Morgan fingerprint density at radius 3 is 2.31 bits per heavy atom. The quantitative estimate of drug-likeness (QED) is 0.535. The summed E-state index contributed by atoms with van der Waals surface area (Å²) in [5.41, 5.74) is 6.37. The zero-order valence-electron chi connectivity index (χ0n) is 20.0. The number of piperidine rings is 1. The van der Waals surface area contributed by atoms with Crippen LogP contribution in [0, 0.1) is 29.3 Å². The molecule has 1 aromatic rings. The summed E-state index contributed by atoms with van der Waals surface area (Å²) in [5, 5.41) is 0. The molecule has 0 aliphatic carbocycles. The molecule has 3 saturated heterocycles. The fourth-order valence-electron chi connectivity index (χ4n) is 5.84. The van der Waals surface area contributed by atoms with Crippen molar-refractivity contribution in [3.8, 4) is 0 Å². The second kappa shape index (κ2) is 10.7. The van der Waals surface area contributed by atoms with E-state index in [2.05, 4.69) is 0 Å². The van der Waals surface area contributed by atoms with E-state index in [9.17, 15) is 26.4 Å². The van der Waals surface area contributed by atoms with Crippen LogP contribution in [-0.4, -0.2) is 74.2 Å². The highest BCUT2D eigenvalue weighted by molar-refractivity contribution is 7.89. The minimum Gasteiger partial charge on any atom is -0.381 e. The molecule has 7 nitrogen and oxygen atoms in total. The molecule has 0 radical (unpaired) electrons. The highest BCUT2D eigenvalue weighted by atomic mass is 32.2. The van der Waals surface area contributed by atoms with Gasteiger partial charge in [0, 0.05) is 56.9 Å². The molecule has 11 heteroatoms. The summed E-state index contributed by atoms with van der Waals surface area (Å²) in [6, 6.07) is 0.490. The zero-order valence-corrected chi connectivity index (χ0v) is 20.8. The predicted octanol–water partition coefficient (Wildman–Crippen LogP) is 2.43. The number of carbonyl (C=O) groups excluding carboxylic acids is 1. The average Bonchev–Trinajstić information content (AvgIpc) is 3.12. The summed E-state index contributed by atoms with van der Waals surface area (Å²) in [6.45, 7) is 1.23. The Kier molecular flexibility index (Phi) is 8.09. The Morgan fingerprint density at radius 2 is 1.69 bits per heavy atom. The molecule has 2 unspecified atom stereocenters. The highest BCUT2D eigenvalue weighted by Gasteiger charge is 2.47. The van der Waals surface area contributed by atoms with Gasteiger partial charge in [0.1, 0.15) is 5.82 Å². The molecule has 3 heterocycles. The largest absolute Gasteiger partial charge is 0.381 e. The number of amides is 1. The summed E-state index contributed by atoms with van der Waals surface area (Å²) in [7, 11) is -1.94. The van der Waals surface area contributed by atoms with Gasteiger partial charge < -0.3 is 15.4 Å². The van der Waals surface area contributed by atoms with Crippen LogP contribution in [0.4, 0.5) is 13.2 Å². The van der Waals surface area contributed by atoms with Gasteiger partial charge in [-0.3, -0.25) is 4.79 Å². The fraction of sp³-hybridized carbons (Fsp3) is 0.708. The predicted molar refractivity (Wildman–Crippen MR) is 124 cm³/mol. The minimum absolute atomic E-state index is 0.0241. The van der Waals surface area contributed by atoms with Crippen LogP contribution in [0.15, 0.2) is 12.1 Å². The van der Waals surface area contributed by atoms with Crippen molar-refractivity contribution in [1.29, 1.82) is 0 Å². The van der Waals surface area contributed by atoms with Crippen LogP contribution in [0.3, 0.4) is 0 Å². The van der Waals surface area contributed by atoms with Crippen LogP contribution < -0.4 is 5.73 Å². The maximum atomic E-state index is 14.1. The highest BCUT2D eigenvalue weighted by Crippen LogP contribution is 2.42. The van der Waals surface area contributed by atoms with Gasteiger partial charge in [0.05, 0.1) is 5.75 Å². The Morgan fingerprint density at radius 1 is 1.09 bits per heavy atom. The molecule has 0 aromatic heterocycles. The Bertz CT molecular complexity index is 1020.